The Bertz CT molecular complexity index is 299. The van der Waals surface area contributed by atoms with E-state index in [0.717, 1.165) is 11.8 Å². The number of rotatable bonds is 3. The minimum absolute atomic E-state index is 0.00329. The molecule has 1 aromatic heterocycles. The summed E-state index contributed by atoms with van der Waals surface area (Å²) in [6.07, 6.45) is 5.10. The lowest BCUT2D eigenvalue weighted by Gasteiger charge is -2.40. The van der Waals surface area contributed by atoms with Crippen LogP contribution in [0.2, 0.25) is 0 Å². The Hall–Kier alpha value is 0.140. The van der Waals surface area contributed by atoms with Crippen molar-refractivity contribution in [2.24, 2.45) is 0 Å². The Labute approximate surface area is 104 Å². The van der Waals surface area contributed by atoms with E-state index in [-0.39, 0.29) is 5.60 Å². The molecular weight excluding hydrogens is 272 g/mol. The number of hydrogen-bond donors (Lipinski definition) is 0. The van der Waals surface area contributed by atoms with E-state index < -0.39 is 0 Å². The van der Waals surface area contributed by atoms with Gasteiger partial charge >= 0.3 is 0 Å². The van der Waals surface area contributed by atoms with Crippen molar-refractivity contribution >= 4 is 27.3 Å². The number of hydrogen-bond acceptors (Lipinski definition) is 2. The van der Waals surface area contributed by atoms with Gasteiger partial charge in [-0.15, -0.1) is 0 Å². The molecule has 2 atom stereocenters. The lowest BCUT2D eigenvalue weighted by Crippen LogP contribution is -2.38. The van der Waals surface area contributed by atoms with Gasteiger partial charge in [0, 0.05) is 5.33 Å². The summed E-state index contributed by atoms with van der Waals surface area (Å²) >= 11 is 5.30. The van der Waals surface area contributed by atoms with Crippen molar-refractivity contribution < 1.29 is 4.74 Å². The molecule has 0 aliphatic carbocycles. The molecule has 1 saturated heterocycles. The molecule has 0 bridgehead atoms. The molecule has 2 heterocycles. The lowest BCUT2D eigenvalue weighted by molar-refractivity contribution is -0.127. The number of ether oxygens (including phenoxy) is 1. The molecule has 0 radical (unpaired) electrons. The second-order valence-corrected chi connectivity index (χ2v) is 5.57. The predicted octanol–water partition coefficient (Wildman–Crippen LogP) is 4.32. The minimum atomic E-state index is -0.00329. The molecule has 0 amide bonds. The van der Waals surface area contributed by atoms with Gasteiger partial charge in [-0.25, -0.2) is 0 Å². The molecule has 0 N–H and O–H groups in total. The summed E-state index contributed by atoms with van der Waals surface area (Å²) in [6.45, 7) is 2.23. The van der Waals surface area contributed by atoms with E-state index in [2.05, 4.69) is 39.7 Å². The molecule has 1 aliphatic heterocycles. The molecule has 1 fully saturated rings. The van der Waals surface area contributed by atoms with Crippen molar-refractivity contribution in [1.29, 1.82) is 0 Å². The Morgan fingerprint density at radius 3 is 3.13 bits per heavy atom. The third-order valence-corrected chi connectivity index (χ3v) is 4.69. The van der Waals surface area contributed by atoms with E-state index in [0.29, 0.717) is 6.10 Å². The van der Waals surface area contributed by atoms with E-state index in [4.69, 9.17) is 4.74 Å². The highest BCUT2D eigenvalue weighted by Crippen LogP contribution is 2.41. The number of thiophene rings is 1. The second-order valence-electron chi connectivity index (χ2n) is 4.15. The summed E-state index contributed by atoms with van der Waals surface area (Å²) in [5.74, 6) is 0. The zero-order valence-corrected chi connectivity index (χ0v) is 11.4. The molecule has 0 aromatic carbocycles. The maximum absolute atomic E-state index is 6.28. The standard InChI is InChI=1S/C12H17BrOS/c1-2-12(10-5-7-15-9-10)6-3-4-11(8-13)14-12/h5,7,9,11H,2-4,6,8H2,1H3. The van der Waals surface area contributed by atoms with Crippen LogP contribution in [0.1, 0.15) is 38.2 Å². The molecule has 2 rings (SSSR count). The van der Waals surface area contributed by atoms with Crippen LogP contribution in [0.25, 0.3) is 0 Å². The van der Waals surface area contributed by atoms with Crippen LogP contribution in [-0.2, 0) is 10.3 Å². The monoisotopic (exact) mass is 288 g/mol. The minimum Gasteiger partial charge on any atom is -0.366 e. The summed E-state index contributed by atoms with van der Waals surface area (Å²) in [5.41, 5.74) is 1.37. The van der Waals surface area contributed by atoms with Gasteiger partial charge < -0.3 is 4.74 Å². The Morgan fingerprint density at radius 2 is 2.53 bits per heavy atom. The first-order valence-electron chi connectivity index (χ1n) is 5.57. The van der Waals surface area contributed by atoms with E-state index in [1.165, 1.54) is 24.8 Å². The van der Waals surface area contributed by atoms with Gasteiger partial charge in [0.05, 0.1) is 11.7 Å². The van der Waals surface area contributed by atoms with Crippen molar-refractivity contribution in [1.82, 2.24) is 0 Å². The molecule has 0 saturated carbocycles. The van der Waals surface area contributed by atoms with Gasteiger partial charge in [0.25, 0.3) is 0 Å². The van der Waals surface area contributed by atoms with Crippen LogP contribution in [-0.4, -0.2) is 11.4 Å². The van der Waals surface area contributed by atoms with Gasteiger partial charge in [-0.2, -0.15) is 11.3 Å². The van der Waals surface area contributed by atoms with Crippen LogP contribution < -0.4 is 0 Å². The Balaban J connectivity index is 2.21. The van der Waals surface area contributed by atoms with E-state index in [1.54, 1.807) is 11.3 Å². The fraction of sp³-hybridized carbons (Fsp3) is 0.667. The maximum Gasteiger partial charge on any atom is 0.0940 e. The molecule has 3 heteroatoms. The third kappa shape index (κ3) is 2.29. The van der Waals surface area contributed by atoms with Crippen molar-refractivity contribution in [2.75, 3.05) is 5.33 Å². The van der Waals surface area contributed by atoms with Gasteiger partial charge in [-0.05, 0) is 48.1 Å². The fourth-order valence-corrected chi connectivity index (χ4v) is 3.56. The summed E-state index contributed by atoms with van der Waals surface area (Å²) in [4.78, 5) is 0. The van der Waals surface area contributed by atoms with Gasteiger partial charge in [-0.3, -0.25) is 0 Å². The SMILES string of the molecule is CCC1(c2ccsc2)CCCC(CBr)O1. The maximum atomic E-state index is 6.28. The fourth-order valence-electron chi connectivity index (χ4n) is 2.36. The summed E-state index contributed by atoms with van der Waals surface area (Å²) < 4.78 is 6.28. The van der Waals surface area contributed by atoms with Crippen molar-refractivity contribution in [3.05, 3.63) is 22.4 Å². The first kappa shape index (κ1) is 11.6. The average Bonchev–Trinajstić information content (AvgIpc) is 2.83. The first-order valence-corrected chi connectivity index (χ1v) is 7.63. The molecule has 1 aromatic rings. The summed E-state index contributed by atoms with van der Waals surface area (Å²) in [6, 6.07) is 2.21. The van der Waals surface area contributed by atoms with Crippen LogP contribution in [0.3, 0.4) is 0 Å². The highest BCUT2D eigenvalue weighted by Gasteiger charge is 2.37. The van der Waals surface area contributed by atoms with Gasteiger partial charge in [0.1, 0.15) is 0 Å². The van der Waals surface area contributed by atoms with Crippen LogP contribution in [0.4, 0.5) is 0 Å². The molecule has 84 valence electrons. The van der Waals surface area contributed by atoms with Crippen LogP contribution in [0.5, 0.6) is 0 Å². The van der Waals surface area contributed by atoms with Crippen molar-refractivity contribution in [2.45, 2.75) is 44.3 Å². The van der Waals surface area contributed by atoms with Gasteiger partial charge in [0.15, 0.2) is 0 Å². The molecule has 0 spiro atoms. The molecule has 1 aliphatic rings. The quantitative estimate of drug-likeness (QED) is 0.753. The number of halogens is 1. The molecule has 1 nitrogen and oxygen atoms in total. The predicted molar refractivity (Wildman–Crippen MR) is 68.8 cm³/mol. The topological polar surface area (TPSA) is 9.23 Å². The summed E-state index contributed by atoms with van der Waals surface area (Å²) in [5, 5.41) is 5.34. The van der Waals surface area contributed by atoms with Gasteiger partial charge in [0.2, 0.25) is 0 Å². The first-order chi connectivity index (χ1) is 7.30. The molecule has 15 heavy (non-hydrogen) atoms. The second kappa shape index (κ2) is 4.98. The normalized spacial score (nSPS) is 31.7. The zero-order valence-electron chi connectivity index (χ0n) is 9.04. The highest BCUT2D eigenvalue weighted by molar-refractivity contribution is 9.09. The van der Waals surface area contributed by atoms with Crippen molar-refractivity contribution in [3.63, 3.8) is 0 Å². The Morgan fingerprint density at radius 1 is 1.67 bits per heavy atom. The largest absolute Gasteiger partial charge is 0.366 e. The smallest absolute Gasteiger partial charge is 0.0940 e. The van der Waals surface area contributed by atoms with E-state index >= 15 is 0 Å². The molecule has 2 unspecified atom stereocenters. The van der Waals surface area contributed by atoms with Crippen LogP contribution in [0.15, 0.2) is 16.8 Å². The Kier molecular flexibility index (Phi) is 3.86. The summed E-state index contributed by atoms with van der Waals surface area (Å²) in [7, 11) is 0. The van der Waals surface area contributed by atoms with Crippen LogP contribution in [0, 0.1) is 0 Å². The highest BCUT2D eigenvalue weighted by atomic mass is 79.9. The van der Waals surface area contributed by atoms with Gasteiger partial charge in [-0.1, -0.05) is 22.9 Å². The molecular formula is C12H17BrOS. The third-order valence-electron chi connectivity index (χ3n) is 3.29. The van der Waals surface area contributed by atoms with E-state index in [1.807, 2.05) is 0 Å². The van der Waals surface area contributed by atoms with Crippen molar-refractivity contribution in [3.8, 4) is 0 Å². The van der Waals surface area contributed by atoms with Crippen LogP contribution >= 0.6 is 27.3 Å². The van der Waals surface area contributed by atoms with E-state index in [9.17, 15) is 0 Å². The average molecular weight is 289 g/mol. The zero-order chi connectivity index (χ0) is 10.7. The lowest BCUT2D eigenvalue weighted by atomic mass is 9.84. The number of alkyl halides is 1.